The molecule has 0 N–H and O–H groups in total. The molecule has 1 aliphatic heterocycles. The number of hydrogen-bond acceptors (Lipinski definition) is 4. The molecule has 2 rings (SSSR count). The van der Waals surface area contributed by atoms with Crippen molar-refractivity contribution in [2.75, 3.05) is 20.1 Å². The van der Waals surface area contributed by atoms with E-state index in [-0.39, 0.29) is 17.8 Å². The van der Waals surface area contributed by atoms with Crippen molar-refractivity contribution in [1.29, 1.82) is 0 Å². The molecule has 1 fully saturated rings. The van der Waals surface area contributed by atoms with Gasteiger partial charge in [0.25, 0.3) is 0 Å². The maximum Gasteiger partial charge on any atom is 0.433 e. The Morgan fingerprint density at radius 1 is 1.26 bits per heavy atom. The third-order valence-corrected chi connectivity index (χ3v) is 3.06. The average molecular weight is 275 g/mol. The average Bonchev–Trinajstić information content (AvgIpc) is 2.30. The van der Waals surface area contributed by atoms with Gasteiger partial charge in [-0.3, -0.25) is 0 Å². The molecule has 19 heavy (non-hydrogen) atoms. The predicted molar refractivity (Wildman–Crippen MR) is 62.9 cm³/mol. The molecule has 7 heteroatoms. The molecule has 0 bridgehead atoms. The molecule has 1 aromatic heterocycles. The van der Waals surface area contributed by atoms with E-state index in [1.165, 1.54) is 6.92 Å². The van der Waals surface area contributed by atoms with Gasteiger partial charge in [-0.25, -0.2) is 4.98 Å². The van der Waals surface area contributed by atoms with Crippen LogP contribution in [0.25, 0.3) is 0 Å². The molecule has 0 aliphatic carbocycles. The van der Waals surface area contributed by atoms with E-state index < -0.39 is 11.9 Å². The first-order valence-electron chi connectivity index (χ1n) is 6.12. The molecule has 1 saturated heterocycles. The fourth-order valence-corrected chi connectivity index (χ4v) is 2.02. The van der Waals surface area contributed by atoms with Crippen molar-refractivity contribution in [3.8, 4) is 5.88 Å². The van der Waals surface area contributed by atoms with Crippen molar-refractivity contribution in [3.05, 3.63) is 17.6 Å². The highest BCUT2D eigenvalue weighted by Gasteiger charge is 2.34. The molecule has 0 radical (unpaired) electrons. The summed E-state index contributed by atoms with van der Waals surface area (Å²) < 4.78 is 43.4. The molecule has 4 nitrogen and oxygen atoms in total. The summed E-state index contributed by atoms with van der Waals surface area (Å²) in [5.74, 6) is 0.0760. The van der Waals surface area contributed by atoms with E-state index in [0.29, 0.717) is 0 Å². The number of ether oxygens (including phenoxy) is 1. The van der Waals surface area contributed by atoms with Gasteiger partial charge in [0.1, 0.15) is 11.9 Å². The number of rotatable bonds is 2. The second-order valence-corrected chi connectivity index (χ2v) is 4.76. The summed E-state index contributed by atoms with van der Waals surface area (Å²) in [5, 5.41) is 0. The molecule has 0 amide bonds. The first-order valence-corrected chi connectivity index (χ1v) is 6.12. The van der Waals surface area contributed by atoms with Gasteiger partial charge in [0.05, 0.1) is 0 Å². The van der Waals surface area contributed by atoms with Crippen LogP contribution in [0.5, 0.6) is 5.88 Å². The molecule has 0 aromatic carbocycles. The zero-order valence-electron chi connectivity index (χ0n) is 10.9. The summed E-state index contributed by atoms with van der Waals surface area (Å²) in [7, 11) is 2.01. The SMILES string of the molecule is Cc1nc(OC2CCN(C)CC2)cc(C(F)(F)F)n1. The number of hydrogen-bond donors (Lipinski definition) is 0. The molecule has 1 aromatic rings. The zero-order valence-corrected chi connectivity index (χ0v) is 10.9. The molecular weight excluding hydrogens is 259 g/mol. The van der Waals surface area contributed by atoms with Gasteiger partial charge in [-0.1, -0.05) is 0 Å². The van der Waals surface area contributed by atoms with Gasteiger partial charge in [-0.05, 0) is 26.8 Å². The predicted octanol–water partition coefficient (Wildman–Crippen LogP) is 2.28. The van der Waals surface area contributed by atoms with Crippen LogP contribution in [-0.4, -0.2) is 41.1 Å². The van der Waals surface area contributed by atoms with E-state index in [2.05, 4.69) is 14.9 Å². The lowest BCUT2D eigenvalue weighted by molar-refractivity contribution is -0.141. The summed E-state index contributed by atoms with van der Waals surface area (Å²) in [6.07, 6.45) is -2.97. The van der Waals surface area contributed by atoms with Crippen LogP contribution in [-0.2, 0) is 6.18 Å². The van der Waals surface area contributed by atoms with Crippen LogP contribution >= 0.6 is 0 Å². The Morgan fingerprint density at radius 3 is 2.47 bits per heavy atom. The second-order valence-electron chi connectivity index (χ2n) is 4.76. The van der Waals surface area contributed by atoms with E-state index in [0.717, 1.165) is 32.0 Å². The van der Waals surface area contributed by atoms with Crippen molar-refractivity contribution in [3.63, 3.8) is 0 Å². The van der Waals surface area contributed by atoms with Gasteiger partial charge in [-0.15, -0.1) is 0 Å². The Labute approximate surface area is 109 Å². The van der Waals surface area contributed by atoms with Crippen LogP contribution in [0.15, 0.2) is 6.07 Å². The molecule has 0 unspecified atom stereocenters. The standard InChI is InChI=1S/C12H16F3N3O/c1-8-16-10(12(13,14)15)7-11(17-8)19-9-3-5-18(2)6-4-9/h7,9H,3-6H2,1-2H3. The van der Waals surface area contributed by atoms with E-state index in [9.17, 15) is 13.2 Å². The van der Waals surface area contributed by atoms with E-state index in [4.69, 9.17) is 4.74 Å². The summed E-state index contributed by atoms with van der Waals surface area (Å²) in [5.41, 5.74) is -0.956. The number of likely N-dealkylation sites (tertiary alicyclic amines) is 1. The van der Waals surface area contributed by atoms with Crippen LogP contribution in [0.1, 0.15) is 24.4 Å². The lowest BCUT2D eigenvalue weighted by atomic mass is 10.1. The number of aromatic nitrogens is 2. The number of aryl methyl sites for hydroxylation is 1. The maximum atomic E-state index is 12.6. The summed E-state index contributed by atoms with van der Waals surface area (Å²) in [6.45, 7) is 3.18. The molecular formula is C12H16F3N3O. The fraction of sp³-hybridized carbons (Fsp3) is 0.667. The van der Waals surface area contributed by atoms with Crippen LogP contribution < -0.4 is 4.74 Å². The smallest absolute Gasteiger partial charge is 0.433 e. The first kappa shape index (κ1) is 14.0. The van der Waals surface area contributed by atoms with Crippen LogP contribution in [0.2, 0.25) is 0 Å². The summed E-state index contributed by atoms with van der Waals surface area (Å²) >= 11 is 0. The van der Waals surface area contributed by atoms with Gasteiger partial charge >= 0.3 is 6.18 Å². The van der Waals surface area contributed by atoms with Crippen molar-refractivity contribution in [2.45, 2.75) is 32.0 Å². The van der Waals surface area contributed by atoms with Gasteiger partial charge < -0.3 is 9.64 Å². The number of piperidine rings is 1. The van der Waals surface area contributed by atoms with E-state index >= 15 is 0 Å². The molecule has 0 atom stereocenters. The summed E-state index contributed by atoms with van der Waals surface area (Å²) in [4.78, 5) is 9.46. The minimum absolute atomic E-state index is 0.00868. The Balaban J connectivity index is 2.10. The molecule has 0 spiro atoms. The highest BCUT2D eigenvalue weighted by Crippen LogP contribution is 2.30. The summed E-state index contributed by atoms with van der Waals surface area (Å²) in [6, 6.07) is 0.866. The highest BCUT2D eigenvalue weighted by molar-refractivity contribution is 5.18. The lowest BCUT2D eigenvalue weighted by Gasteiger charge is -2.29. The third kappa shape index (κ3) is 3.79. The first-order chi connectivity index (χ1) is 8.84. The Kier molecular flexibility index (Phi) is 3.93. The Hall–Kier alpha value is -1.37. The molecule has 0 saturated carbocycles. The van der Waals surface area contributed by atoms with Gasteiger partial charge in [0.2, 0.25) is 5.88 Å². The van der Waals surface area contributed by atoms with Crippen LogP contribution in [0.3, 0.4) is 0 Å². The minimum atomic E-state index is -4.47. The fourth-order valence-electron chi connectivity index (χ4n) is 2.02. The lowest BCUT2D eigenvalue weighted by Crippen LogP contribution is -2.35. The van der Waals surface area contributed by atoms with Crippen molar-refractivity contribution < 1.29 is 17.9 Å². The maximum absolute atomic E-state index is 12.6. The Bertz CT molecular complexity index is 442. The highest BCUT2D eigenvalue weighted by atomic mass is 19.4. The monoisotopic (exact) mass is 275 g/mol. The second kappa shape index (κ2) is 5.32. The van der Waals surface area contributed by atoms with Crippen molar-refractivity contribution >= 4 is 0 Å². The van der Waals surface area contributed by atoms with Gasteiger partial charge in [-0.2, -0.15) is 18.2 Å². The largest absolute Gasteiger partial charge is 0.474 e. The molecule has 1 aliphatic rings. The normalized spacial score (nSPS) is 18.6. The van der Waals surface area contributed by atoms with E-state index in [1.54, 1.807) is 0 Å². The third-order valence-electron chi connectivity index (χ3n) is 3.06. The number of alkyl halides is 3. The van der Waals surface area contributed by atoms with Gasteiger partial charge in [0, 0.05) is 19.2 Å². The minimum Gasteiger partial charge on any atom is -0.474 e. The topological polar surface area (TPSA) is 38.2 Å². The van der Waals surface area contributed by atoms with Gasteiger partial charge in [0.15, 0.2) is 5.69 Å². The van der Waals surface area contributed by atoms with Crippen LogP contribution in [0.4, 0.5) is 13.2 Å². The number of nitrogens with zero attached hydrogens (tertiary/aromatic N) is 3. The van der Waals surface area contributed by atoms with Crippen molar-refractivity contribution in [1.82, 2.24) is 14.9 Å². The molecule has 2 heterocycles. The van der Waals surface area contributed by atoms with Crippen LogP contribution in [0, 0.1) is 6.92 Å². The van der Waals surface area contributed by atoms with Crippen molar-refractivity contribution in [2.24, 2.45) is 0 Å². The van der Waals surface area contributed by atoms with E-state index in [1.807, 2.05) is 7.05 Å². The Morgan fingerprint density at radius 2 is 1.89 bits per heavy atom. The quantitative estimate of drug-likeness (QED) is 0.830. The number of halogens is 3. The zero-order chi connectivity index (χ0) is 14.0. The molecule has 106 valence electrons.